The average Bonchev–Trinajstić information content (AvgIpc) is 2.35. The van der Waals surface area contributed by atoms with E-state index in [0.29, 0.717) is 4.16 Å². The van der Waals surface area contributed by atoms with Gasteiger partial charge in [-0.05, 0) is 0 Å². The molecule has 0 aromatic heterocycles. The van der Waals surface area contributed by atoms with E-state index in [4.69, 9.17) is 26.3 Å². The Morgan fingerprint density at radius 2 is 0.941 bits per heavy atom. The van der Waals surface area contributed by atoms with Crippen LogP contribution in [-0.2, 0) is 15.0 Å². The van der Waals surface area contributed by atoms with Crippen molar-refractivity contribution in [1.82, 2.24) is 0 Å². The number of hydrogen-bond acceptors (Lipinski definition) is 8. The van der Waals surface area contributed by atoms with Crippen LogP contribution in [0.25, 0.3) is 0 Å². The van der Waals surface area contributed by atoms with E-state index < -0.39 is 32.1 Å². The van der Waals surface area contributed by atoms with E-state index in [1.54, 1.807) is 0 Å². The molecule has 0 bridgehead atoms. The molecule has 0 aromatic rings. The predicted octanol–water partition coefficient (Wildman–Crippen LogP) is -1.05. The minimum atomic E-state index is -13.4. The zero-order valence-corrected chi connectivity index (χ0v) is 8.99. The number of nitriles is 5. The molecule has 2 N–H and O–H groups in total. The SMILES string of the molecule is N#[C][Cr](=[O])(=[O])([OH])([OH])([C]#N)([C]#N)([C]#N)([C]#N)[N]=O. The summed E-state index contributed by atoms with van der Waals surface area (Å²) in [5.41, 5.74) is 0. The van der Waals surface area contributed by atoms with Crippen LogP contribution in [0.1, 0.15) is 0 Å². The normalized spacial score (nSPS) is 26.2. The van der Waals surface area contributed by atoms with Crippen molar-refractivity contribution in [2.45, 2.75) is 0 Å². The van der Waals surface area contributed by atoms with Crippen LogP contribution in [0.2, 0.25) is 0 Å². The topological polar surface area (TPSA) is 223 Å². The summed E-state index contributed by atoms with van der Waals surface area (Å²) < 4.78 is 43.7. The van der Waals surface area contributed by atoms with Gasteiger partial charge in [0, 0.05) is 0 Å². The summed E-state index contributed by atoms with van der Waals surface area (Å²) in [7, 11) is -13.4. The van der Waals surface area contributed by atoms with E-state index >= 15 is 0 Å². The van der Waals surface area contributed by atoms with Crippen LogP contribution in [-0.4, -0.2) is 8.32 Å². The van der Waals surface area contributed by atoms with Gasteiger partial charge in [-0.3, -0.25) is 0 Å². The summed E-state index contributed by atoms with van der Waals surface area (Å²) in [6.07, 6.45) is 0. The van der Waals surface area contributed by atoms with Crippen molar-refractivity contribution in [3.8, 4) is 24.7 Å². The fraction of sp³-hybridized carbons (Fsp3) is 0. The first-order valence-corrected chi connectivity index (χ1v) is 9.14. The van der Waals surface area contributed by atoms with Gasteiger partial charge in [0.1, 0.15) is 0 Å². The van der Waals surface area contributed by atoms with Crippen LogP contribution < -0.4 is 0 Å². The summed E-state index contributed by atoms with van der Waals surface area (Å²) in [5.74, 6) is 0. The van der Waals surface area contributed by atoms with E-state index in [9.17, 15) is 20.8 Å². The second-order valence-corrected chi connectivity index (χ2v) is 18.6. The predicted molar refractivity (Wildman–Crippen MR) is 39.7 cm³/mol. The summed E-state index contributed by atoms with van der Waals surface area (Å²) in [5, 5.41) is 42.1. The molecule has 12 heteroatoms. The van der Waals surface area contributed by atoms with Gasteiger partial charge in [-0.2, -0.15) is 0 Å². The molecule has 0 saturated carbocycles. The number of rotatable bonds is 1. The molecule has 0 rings (SSSR count). The molecule has 0 amide bonds. The third kappa shape index (κ3) is 0.618. The zero-order valence-electron chi connectivity index (χ0n) is 7.71. The van der Waals surface area contributed by atoms with E-state index in [-0.39, 0.29) is 0 Å². The summed E-state index contributed by atoms with van der Waals surface area (Å²) in [6.45, 7) is 0. The van der Waals surface area contributed by atoms with Crippen LogP contribution in [0.15, 0.2) is 4.16 Å². The Bertz CT molecular complexity index is 1020. The monoisotopic (exact) mass is 278 g/mol. The Labute approximate surface area is 83.9 Å². The fourth-order valence-electron chi connectivity index (χ4n) is 0.287. The maximum atomic E-state index is 12.2. The molecule has 0 saturated heterocycles. The molecule has 0 radical (unpaired) electrons. The van der Waals surface area contributed by atoms with Gasteiger partial charge in [0.05, 0.1) is 0 Å². The first kappa shape index (κ1) is 14.1. The summed E-state index contributed by atoms with van der Waals surface area (Å²) in [6, 6.07) is 0. The van der Waals surface area contributed by atoms with Crippen molar-refractivity contribution < 1.29 is 23.3 Å². The van der Waals surface area contributed by atoms with Crippen LogP contribution in [0, 0.1) is 55.9 Å². The number of hydrogen-bond donors (Lipinski definition) is 2. The standard InChI is InChI=1S/5CN.Cr.NO.2H2O.2O/c5*1-2;;1-2;;;;/h;;;;;;;2*1H2;;/q;;;;;+3;-1;;;;/p-2. The third-order valence-corrected chi connectivity index (χ3v) is 9.12. The molecule has 0 aliphatic carbocycles. The molecular weight excluding hydrogens is 276 g/mol. The van der Waals surface area contributed by atoms with Gasteiger partial charge in [-0.25, -0.2) is 0 Å². The van der Waals surface area contributed by atoms with Gasteiger partial charge < -0.3 is 0 Å². The van der Waals surface area contributed by atoms with Crippen molar-refractivity contribution in [3.63, 3.8) is 0 Å². The molecule has 17 heavy (non-hydrogen) atoms. The summed E-state index contributed by atoms with van der Waals surface area (Å²) in [4.78, 5) is 6.47. The van der Waals surface area contributed by atoms with Crippen LogP contribution >= 0.6 is 0 Å². The molecule has 0 fully saturated rings. The molecule has 0 aliphatic rings. The molecule has 11 nitrogen and oxygen atoms in total. The molecule has 0 aliphatic heterocycles. The fourth-order valence-corrected chi connectivity index (χ4v) is 1.19. The second kappa shape index (κ2) is 0.829. The van der Waals surface area contributed by atoms with Gasteiger partial charge in [-0.1, -0.05) is 0 Å². The van der Waals surface area contributed by atoms with E-state index in [2.05, 4.69) is 0 Å². The van der Waals surface area contributed by atoms with Crippen LogP contribution in [0.4, 0.5) is 0 Å². The Balaban J connectivity index is 10.1. The van der Waals surface area contributed by atoms with Crippen molar-refractivity contribution in [3.05, 3.63) is 4.91 Å². The third-order valence-electron chi connectivity index (χ3n) is 2.21. The number of nitrogens with zero attached hydrogens (tertiary/aromatic N) is 6. The van der Waals surface area contributed by atoms with Crippen LogP contribution in [0.5, 0.6) is 0 Å². The Hall–Kier alpha value is -2.90. The Kier molecular flexibility index (Phi) is 0.688. The minimum absolute atomic E-state index is 0.472. The van der Waals surface area contributed by atoms with Gasteiger partial charge in [0.2, 0.25) is 0 Å². The Morgan fingerprint density at radius 3 is 0.941 bits per heavy atom. The molecule has 0 spiro atoms. The van der Waals surface area contributed by atoms with Crippen LogP contribution in [0.3, 0.4) is 0 Å². The molecular formula is C5H2CrN6O5. The first-order chi connectivity index (χ1) is 6.85. The molecule has 0 heterocycles. The molecule has 0 unspecified atom stereocenters. The summed E-state index contributed by atoms with van der Waals surface area (Å²) >= 11 is 0. The van der Waals surface area contributed by atoms with Crippen molar-refractivity contribution in [1.29, 1.82) is 26.3 Å². The average molecular weight is 278 g/mol. The number of nitroso groups, excluding NO2 is 1. The van der Waals surface area contributed by atoms with Crippen molar-refractivity contribution in [2.75, 3.05) is 0 Å². The van der Waals surface area contributed by atoms with Gasteiger partial charge in [-0.15, -0.1) is 0 Å². The Morgan fingerprint density at radius 1 is 0.765 bits per heavy atom. The van der Waals surface area contributed by atoms with Gasteiger partial charge >= 0.3 is 83.4 Å². The van der Waals surface area contributed by atoms with Crippen molar-refractivity contribution >= 4 is 0 Å². The second-order valence-electron chi connectivity index (χ2n) is 4.51. The molecule has 0 atom stereocenters. The molecule has 0 aromatic carbocycles. The van der Waals surface area contributed by atoms with E-state index in [1.807, 2.05) is 0 Å². The molecule has 88 valence electrons. The van der Waals surface area contributed by atoms with E-state index in [0.717, 1.165) is 0 Å². The quantitative estimate of drug-likeness (QED) is 0.552. The van der Waals surface area contributed by atoms with Gasteiger partial charge in [0.25, 0.3) is 0 Å². The maximum absolute atomic E-state index is 13.4. The van der Waals surface area contributed by atoms with Crippen molar-refractivity contribution in [2.24, 2.45) is 4.16 Å². The van der Waals surface area contributed by atoms with Gasteiger partial charge in [0.15, 0.2) is 0 Å². The first-order valence-electron chi connectivity index (χ1n) is 3.20. The van der Waals surface area contributed by atoms with E-state index in [1.165, 1.54) is 0 Å². The zero-order chi connectivity index (χ0) is 14.6.